The maximum absolute atomic E-state index is 11.1. The summed E-state index contributed by atoms with van der Waals surface area (Å²) < 4.78 is 4.77. The number of hydrogen-bond donors (Lipinski definition) is 0. The molecule has 18 heavy (non-hydrogen) atoms. The molecule has 0 bridgehead atoms. The number of carbonyl (C=O) groups excluding carboxylic acids is 3. The molecule has 94 valence electrons. The van der Waals surface area contributed by atoms with Crippen LogP contribution < -0.4 is 0 Å². The predicted molar refractivity (Wildman–Crippen MR) is 67.5 cm³/mol. The van der Waals surface area contributed by atoms with Gasteiger partial charge in [-0.1, -0.05) is 12.2 Å². The van der Waals surface area contributed by atoms with Gasteiger partial charge in [0.05, 0.1) is 13.0 Å². The Bertz CT molecular complexity index is 448. The molecule has 1 rings (SSSR count). The van der Waals surface area contributed by atoms with E-state index in [9.17, 15) is 14.4 Å². The molecule has 0 aliphatic rings. The SMILES string of the molecule is CCOC(=O)CC=Cc1cc(C=O)cc(C=O)c1. The Morgan fingerprint density at radius 3 is 2.17 bits per heavy atom. The normalized spacial score (nSPS) is 10.3. The molecule has 0 fully saturated rings. The Labute approximate surface area is 105 Å². The van der Waals surface area contributed by atoms with Crippen molar-refractivity contribution in [2.45, 2.75) is 13.3 Å². The van der Waals surface area contributed by atoms with E-state index in [0.717, 1.165) is 0 Å². The number of carbonyl (C=O) groups is 3. The van der Waals surface area contributed by atoms with Crippen LogP contribution in [0.5, 0.6) is 0 Å². The van der Waals surface area contributed by atoms with Gasteiger partial charge in [-0.2, -0.15) is 0 Å². The summed E-state index contributed by atoms with van der Waals surface area (Å²) in [5.41, 5.74) is 1.55. The summed E-state index contributed by atoms with van der Waals surface area (Å²) in [6.07, 6.45) is 4.83. The Morgan fingerprint density at radius 1 is 1.11 bits per heavy atom. The lowest BCUT2D eigenvalue weighted by Crippen LogP contribution is -2.01. The minimum atomic E-state index is -0.309. The van der Waals surface area contributed by atoms with Crippen LogP contribution in [0, 0.1) is 0 Å². The highest BCUT2D eigenvalue weighted by Crippen LogP contribution is 2.10. The molecule has 4 nitrogen and oxygen atoms in total. The van der Waals surface area contributed by atoms with Gasteiger partial charge in [-0.3, -0.25) is 14.4 Å². The lowest BCUT2D eigenvalue weighted by atomic mass is 10.1. The van der Waals surface area contributed by atoms with E-state index in [2.05, 4.69) is 0 Å². The average Bonchev–Trinajstić information content (AvgIpc) is 2.38. The molecule has 0 aliphatic carbocycles. The van der Waals surface area contributed by atoms with Gasteiger partial charge in [0.1, 0.15) is 12.6 Å². The number of aldehydes is 2. The van der Waals surface area contributed by atoms with E-state index in [1.165, 1.54) is 6.07 Å². The number of esters is 1. The van der Waals surface area contributed by atoms with Crippen LogP contribution >= 0.6 is 0 Å². The topological polar surface area (TPSA) is 60.4 Å². The average molecular weight is 246 g/mol. The van der Waals surface area contributed by atoms with E-state index >= 15 is 0 Å². The molecule has 1 aromatic rings. The summed E-state index contributed by atoms with van der Waals surface area (Å²) in [7, 11) is 0. The van der Waals surface area contributed by atoms with Crippen molar-refractivity contribution < 1.29 is 19.1 Å². The van der Waals surface area contributed by atoms with Crippen molar-refractivity contribution in [3.05, 3.63) is 41.0 Å². The molecule has 0 amide bonds. The molecule has 0 heterocycles. The molecule has 4 heteroatoms. The van der Waals surface area contributed by atoms with Gasteiger partial charge in [0.15, 0.2) is 0 Å². The van der Waals surface area contributed by atoms with Crippen molar-refractivity contribution in [2.75, 3.05) is 6.61 Å². The molecule has 0 aliphatic heterocycles. The number of rotatable bonds is 6. The van der Waals surface area contributed by atoms with Crippen molar-refractivity contribution >= 4 is 24.6 Å². The minimum absolute atomic E-state index is 0.162. The first-order chi connectivity index (χ1) is 8.69. The predicted octanol–water partition coefficient (Wildman–Crippen LogP) is 2.28. The van der Waals surface area contributed by atoms with Crippen LogP contribution in [0.15, 0.2) is 24.3 Å². The van der Waals surface area contributed by atoms with E-state index < -0.39 is 0 Å². The molecule has 0 saturated heterocycles. The Morgan fingerprint density at radius 2 is 1.67 bits per heavy atom. The fraction of sp³-hybridized carbons (Fsp3) is 0.214. The van der Waals surface area contributed by atoms with Crippen molar-refractivity contribution in [2.24, 2.45) is 0 Å². The first-order valence-electron chi connectivity index (χ1n) is 5.57. The number of benzene rings is 1. The minimum Gasteiger partial charge on any atom is -0.466 e. The van der Waals surface area contributed by atoms with Crippen LogP contribution in [0.25, 0.3) is 6.08 Å². The maximum atomic E-state index is 11.1. The second-order valence-electron chi connectivity index (χ2n) is 3.58. The summed E-state index contributed by atoms with van der Waals surface area (Å²) >= 11 is 0. The summed E-state index contributed by atoms with van der Waals surface area (Å²) in [4.78, 5) is 32.5. The van der Waals surface area contributed by atoms with Gasteiger partial charge in [-0.05, 0) is 30.7 Å². The van der Waals surface area contributed by atoms with E-state index in [1.54, 1.807) is 31.2 Å². The second-order valence-corrected chi connectivity index (χ2v) is 3.58. The van der Waals surface area contributed by atoms with Crippen molar-refractivity contribution in [3.8, 4) is 0 Å². The summed E-state index contributed by atoms with van der Waals surface area (Å²) in [5, 5.41) is 0. The fourth-order valence-corrected chi connectivity index (χ4v) is 1.45. The Hall–Kier alpha value is -2.23. The molecule has 0 aromatic heterocycles. The van der Waals surface area contributed by atoms with Gasteiger partial charge >= 0.3 is 5.97 Å². The Kier molecular flexibility index (Phi) is 5.51. The molecule has 0 saturated carbocycles. The van der Waals surface area contributed by atoms with Gasteiger partial charge in [0.2, 0.25) is 0 Å². The maximum Gasteiger partial charge on any atom is 0.309 e. The van der Waals surface area contributed by atoms with E-state index in [4.69, 9.17) is 4.74 Å². The fourth-order valence-electron chi connectivity index (χ4n) is 1.45. The molecule has 1 aromatic carbocycles. The molecule has 0 N–H and O–H groups in total. The standard InChI is InChI=1S/C14H14O4/c1-2-18-14(17)5-3-4-11-6-12(9-15)8-13(7-11)10-16/h3-4,6-10H,2,5H2,1H3. The summed E-state index contributed by atoms with van der Waals surface area (Å²) in [6.45, 7) is 2.09. The third-order valence-electron chi connectivity index (χ3n) is 2.17. The highest BCUT2D eigenvalue weighted by atomic mass is 16.5. The van der Waals surface area contributed by atoms with E-state index in [1.807, 2.05) is 0 Å². The summed E-state index contributed by atoms with van der Waals surface area (Å²) in [6, 6.07) is 4.78. The Balaban J connectivity index is 2.77. The van der Waals surface area contributed by atoms with Crippen LogP contribution in [0.3, 0.4) is 0 Å². The van der Waals surface area contributed by atoms with E-state index in [0.29, 0.717) is 35.9 Å². The summed E-state index contributed by atoms with van der Waals surface area (Å²) in [5.74, 6) is -0.309. The van der Waals surface area contributed by atoms with Gasteiger partial charge in [0.25, 0.3) is 0 Å². The lowest BCUT2D eigenvalue weighted by molar-refractivity contribution is -0.142. The van der Waals surface area contributed by atoms with Crippen LogP contribution in [-0.2, 0) is 9.53 Å². The van der Waals surface area contributed by atoms with Crippen molar-refractivity contribution in [1.82, 2.24) is 0 Å². The molecule has 0 radical (unpaired) electrons. The van der Waals surface area contributed by atoms with Crippen LogP contribution in [0.1, 0.15) is 39.6 Å². The second kappa shape index (κ2) is 7.17. The third kappa shape index (κ3) is 4.33. The zero-order valence-corrected chi connectivity index (χ0v) is 10.1. The quantitative estimate of drug-likeness (QED) is 0.570. The monoisotopic (exact) mass is 246 g/mol. The highest BCUT2D eigenvalue weighted by Gasteiger charge is 1.99. The van der Waals surface area contributed by atoms with Crippen LogP contribution in [0.4, 0.5) is 0 Å². The van der Waals surface area contributed by atoms with Crippen molar-refractivity contribution in [1.29, 1.82) is 0 Å². The molecule has 0 atom stereocenters. The van der Waals surface area contributed by atoms with E-state index in [-0.39, 0.29) is 12.4 Å². The molecular formula is C14H14O4. The molecular weight excluding hydrogens is 232 g/mol. The molecule has 0 spiro atoms. The zero-order valence-electron chi connectivity index (χ0n) is 10.1. The zero-order chi connectivity index (χ0) is 13.4. The largest absolute Gasteiger partial charge is 0.466 e. The number of hydrogen-bond acceptors (Lipinski definition) is 4. The molecule has 0 unspecified atom stereocenters. The van der Waals surface area contributed by atoms with Gasteiger partial charge in [0, 0.05) is 11.1 Å². The van der Waals surface area contributed by atoms with Crippen molar-refractivity contribution in [3.63, 3.8) is 0 Å². The highest BCUT2D eigenvalue weighted by molar-refractivity contribution is 5.84. The van der Waals surface area contributed by atoms with Gasteiger partial charge < -0.3 is 4.74 Å². The van der Waals surface area contributed by atoms with Gasteiger partial charge in [-0.15, -0.1) is 0 Å². The smallest absolute Gasteiger partial charge is 0.309 e. The first-order valence-corrected chi connectivity index (χ1v) is 5.57. The third-order valence-corrected chi connectivity index (χ3v) is 2.17. The first kappa shape index (κ1) is 13.8. The number of ether oxygens (including phenoxy) is 1. The van der Waals surface area contributed by atoms with Crippen LogP contribution in [0.2, 0.25) is 0 Å². The lowest BCUT2D eigenvalue weighted by Gasteiger charge is -1.99. The van der Waals surface area contributed by atoms with Gasteiger partial charge in [-0.25, -0.2) is 0 Å². The van der Waals surface area contributed by atoms with Crippen LogP contribution in [-0.4, -0.2) is 25.1 Å².